The van der Waals surface area contributed by atoms with Crippen LogP contribution in [0.2, 0.25) is 0 Å². The van der Waals surface area contributed by atoms with Crippen LogP contribution in [0.15, 0.2) is 0 Å². The summed E-state index contributed by atoms with van der Waals surface area (Å²) in [6.45, 7) is 10.6. The first kappa shape index (κ1) is 14.5. The molecule has 0 aromatic carbocycles. The molecule has 1 rings (SSSR count). The molecule has 1 aliphatic rings. The summed E-state index contributed by atoms with van der Waals surface area (Å²) < 4.78 is 0. The third-order valence-corrected chi connectivity index (χ3v) is 3.31. The summed E-state index contributed by atoms with van der Waals surface area (Å²) in [7, 11) is 2.09. The van der Waals surface area contributed by atoms with E-state index in [0.717, 1.165) is 32.6 Å². The number of likely N-dealkylation sites (N-methyl/N-ethyl adjacent to an activating group) is 1. The van der Waals surface area contributed by atoms with Gasteiger partial charge in [0.25, 0.3) is 0 Å². The van der Waals surface area contributed by atoms with Crippen molar-refractivity contribution in [3.63, 3.8) is 0 Å². The van der Waals surface area contributed by atoms with E-state index < -0.39 is 0 Å². The highest BCUT2D eigenvalue weighted by Crippen LogP contribution is 2.25. The van der Waals surface area contributed by atoms with Crippen LogP contribution >= 0.6 is 0 Å². The van der Waals surface area contributed by atoms with Gasteiger partial charge >= 0.3 is 0 Å². The zero-order valence-electron chi connectivity index (χ0n) is 11.7. The number of carbonyl (C=O) groups excluding carboxylic acids is 1. The zero-order chi connectivity index (χ0) is 13.1. The van der Waals surface area contributed by atoms with E-state index in [0.29, 0.717) is 6.54 Å². The quantitative estimate of drug-likeness (QED) is 0.794. The summed E-state index contributed by atoms with van der Waals surface area (Å²) in [5, 5.41) is 0. The molecule has 0 saturated carbocycles. The summed E-state index contributed by atoms with van der Waals surface area (Å²) in [5.41, 5.74) is 5.92. The molecule has 1 amide bonds. The van der Waals surface area contributed by atoms with E-state index >= 15 is 0 Å². The second-order valence-electron chi connectivity index (χ2n) is 6.33. The molecule has 17 heavy (non-hydrogen) atoms. The molecule has 4 heteroatoms. The summed E-state index contributed by atoms with van der Waals surface area (Å²) >= 11 is 0. The van der Waals surface area contributed by atoms with Crippen LogP contribution in [0.3, 0.4) is 0 Å². The van der Waals surface area contributed by atoms with Gasteiger partial charge in [-0.3, -0.25) is 4.79 Å². The lowest BCUT2D eigenvalue weighted by Gasteiger charge is -2.35. The first-order chi connectivity index (χ1) is 7.83. The van der Waals surface area contributed by atoms with Crippen molar-refractivity contribution in [2.45, 2.75) is 27.2 Å². The molecule has 1 aliphatic heterocycles. The van der Waals surface area contributed by atoms with Gasteiger partial charge in [0.1, 0.15) is 0 Å². The highest BCUT2D eigenvalue weighted by molar-refractivity contribution is 5.79. The monoisotopic (exact) mass is 241 g/mol. The predicted octanol–water partition coefficient (Wildman–Crippen LogP) is 0.772. The van der Waals surface area contributed by atoms with E-state index in [1.807, 2.05) is 4.90 Å². The van der Waals surface area contributed by atoms with Crippen molar-refractivity contribution in [3.8, 4) is 0 Å². The van der Waals surface area contributed by atoms with E-state index in [2.05, 4.69) is 32.7 Å². The van der Waals surface area contributed by atoms with Gasteiger partial charge in [0.15, 0.2) is 0 Å². The van der Waals surface area contributed by atoms with Gasteiger partial charge in [-0.05, 0) is 18.9 Å². The SMILES string of the molecule is CN1CCN(C(=O)C(CN)CC(C)(C)C)CC1. The molecule has 4 nitrogen and oxygen atoms in total. The van der Waals surface area contributed by atoms with Crippen LogP contribution in [-0.2, 0) is 4.79 Å². The second-order valence-corrected chi connectivity index (χ2v) is 6.33. The maximum Gasteiger partial charge on any atom is 0.227 e. The zero-order valence-corrected chi connectivity index (χ0v) is 11.7. The topological polar surface area (TPSA) is 49.6 Å². The number of carbonyl (C=O) groups is 1. The van der Waals surface area contributed by atoms with Crippen molar-refractivity contribution in [3.05, 3.63) is 0 Å². The Morgan fingerprint density at radius 2 is 1.76 bits per heavy atom. The first-order valence-electron chi connectivity index (χ1n) is 6.51. The van der Waals surface area contributed by atoms with E-state index in [-0.39, 0.29) is 17.2 Å². The van der Waals surface area contributed by atoms with Gasteiger partial charge in [-0.1, -0.05) is 20.8 Å². The van der Waals surface area contributed by atoms with Crippen LogP contribution in [0.25, 0.3) is 0 Å². The molecule has 1 heterocycles. The number of hydrogen-bond acceptors (Lipinski definition) is 3. The number of hydrogen-bond donors (Lipinski definition) is 1. The minimum absolute atomic E-state index is 0.0154. The Hall–Kier alpha value is -0.610. The van der Waals surface area contributed by atoms with Gasteiger partial charge in [0, 0.05) is 32.7 Å². The number of nitrogens with two attached hydrogens (primary N) is 1. The summed E-state index contributed by atoms with van der Waals surface area (Å²) in [6.07, 6.45) is 0.870. The Morgan fingerprint density at radius 3 is 2.18 bits per heavy atom. The highest BCUT2D eigenvalue weighted by atomic mass is 16.2. The molecule has 0 aromatic rings. The van der Waals surface area contributed by atoms with Crippen molar-refractivity contribution < 1.29 is 4.79 Å². The average Bonchev–Trinajstić information content (AvgIpc) is 2.25. The first-order valence-corrected chi connectivity index (χ1v) is 6.51. The maximum atomic E-state index is 12.3. The summed E-state index contributed by atoms with van der Waals surface area (Å²) in [6, 6.07) is 0. The van der Waals surface area contributed by atoms with E-state index in [4.69, 9.17) is 5.73 Å². The van der Waals surface area contributed by atoms with E-state index in [1.54, 1.807) is 0 Å². The number of amides is 1. The van der Waals surface area contributed by atoms with Crippen LogP contribution < -0.4 is 5.73 Å². The van der Waals surface area contributed by atoms with Crippen molar-refractivity contribution in [2.24, 2.45) is 17.1 Å². The summed E-state index contributed by atoms with van der Waals surface area (Å²) in [4.78, 5) is 16.6. The molecule has 0 radical (unpaired) electrons. The Kier molecular flexibility index (Phi) is 4.95. The molecular weight excluding hydrogens is 214 g/mol. The Labute approximate surface area is 105 Å². The lowest BCUT2D eigenvalue weighted by Crippen LogP contribution is -2.50. The number of piperazine rings is 1. The molecule has 1 unspecified atom stereocenters. The van der Waals surface area contributed by atoms with Gasteiger partial charge in [0.05, 0.1) is 5.92 Å². The molecule has 1 atom stereocenters. The fourth-order valence-electron chi connectivity index (χ4n) is 2.30. The molecule has 1 saturated heterocycles. The van der Waals surface area contributed by atoms with Crippen molar-refractivity contribution in [1.29, 1.82) is 0 Å². The minimum Gasteiger partial charge on any atom is -0.340 e. The van der Waals surface area contributed by atoms with Crippen molar-refractivity contribution in [1.82, 2.24) is 9.80 Å². The largest absolute Gasteiger partial charge is 0.340 e. The van der Waals surface area contributed by atoms with Gasteiger partial charge < -0.3 is 15.5 Å². The molecule has 0 aromatic heterocycles. The van der Waals surface area contributed by atoms with Crippen LogP contribution in [0.5, 0.6) is 0 Å². The Morgan fingerprint density at radius 1 is 1.24 bits per heavy atom. The Bertz CT molecular complexity index is 252. The molecular formula is C13H27N3O. The van der Waals surface area contributed by atoms with Gasteiger partial charge in [-0.25, -0.2) is 0 Å². The van der Waals surface area contributed by atoms with Gasteiger partial charge in [-0.2, -0.15) is 0 Å². The Balaban J connectivity index is 2.54. The second kappa shape index (κ2) is 5.83. The average molecular weight is 241 g/mol. The predicted molar refractivity (Wildman–Crippen MR) is 70.7 cm³/mol. The lowest BCUT2D eigenvalue weighted by atomic mass is 9.84. The molecule has 1 fully saturated rings. The number of nitrogens with zero attached hydrogens (tertiary/aromatic N) is 2. The molecule has 0 spiro atoms. The normalized spacial score (nSPS) is 20.4. The van der Waals surface area contributed by atoms with Crippen molar-refractivity contribution in [2.75, 3.05) is 39.8 Å². The van der Waals surface area contributed by atoms with Gasteiger partial charge in [-0.15, -0.1) is 0 Å². The van der Waals surface area contributed by atoms with Gasteiger partial charge in [0.2, 0.25) is 5.91 Å². The number of rotatable bonds is 3. The van der Waals surface area contributed by atoms with E-state index in [1.165, 1.54) is 0 Å². The molecule has 0 bridgehead atoms. The van der Waals surface area contributed by atoms with E-state index in [9.17, 15) is 4.79 Å². The standard InChI is InChI=1S/C13H27N3O/c1-13(2,3)9-11(10-14)12(17)16-7-5-15(4)6-8-16/h11H,5-10,14H2,1-4H3. The third-order valence-electron chi connectivity index (χ3n) is 3.31. The van der Waals surface area contributed by atoms with Crippen LogP contribution in [0.4, 0.5) is 0 Å². The van der Waals surface area contributed by atoms with Crippen LogP contribution in [-0.4, -0.2) is 55.5 Å². The minimum atomic E-state index is -0.0154. The maximum absolute atomic E-state index is 12.3. The molecule has 0 aliphatic carbocycles. The lowest BCUT2D eigenvalue weighted by molar-refractivity contribution is -0.137. The fourth-order valence-corrected chi connectivity index (χ4v) is 2.30. The molecule has 100 valence electrons. The third kappa shape index (κ3) is 4.64. The highest BCUT2D eigenvalue weighted by Gasteiger charge is 2.28. The molecule has 2 N–H and O–H groups in total. The van der Waals surface area contributed by atoms with Crippen LogP contribution in [0, 0.1) is 11.3 Å². The smallest absolute Gasteiger partial charge is 0.227 e. The fraction of sp³-hybridized carbons (Fsp3) is 0.923. The van der Waals surface area contributed by atoms with Crippen molar-refractivity contribution >= 4 is 5.91 Å². The van der Waals surface area contributed by atoms with Crippen LogP contribution in [0.1, 0.15) is 27.2 Å². The summed E-state index contributed by atoms with van der Waals surface area (Å²) in [5.74, 6) is 0.230.